The number of nitrogens with one attached hydrogen (secondary N) is 1. The standard InChI is InChI=1S/C16H25N3O/c1-14-6-8-15(9-7-14)20-13-5-10-18-16(17-2)19-11-3-4-12-19/h6-9H,3-5,10-13H2,1-2H3,(H,17,18). The molecule has 20 heavy (non-hydrogen) atoms. The Hall–Kier alpha value is -1.71. The Bertz CT molecular complexity index is 422. The molecule has 2 rings (SSSR count). The second kappa shape index (κ2) is 7.78. The number of hydrogen-bond acceptors (Lipinski definition) is 2. The fourth-order valence-corrected chi connectivity index (χ4v) is 2.36. The minimum Gasteiger partial charge on any atom is -0.494 e. The molecule has 0 saturated carbocycles. The molecule has 0 unspecified atom stereocenters. The summed E-state index contributed by atoms with van der Waals surface area (Å²) in [5.74, 6) is 1.97. The van der Waals surface area contributed by atoms with Gasteiger partial charge in [0.05, 0.1) is 6.61 Å². The van der Waals surface area contributed by atoms with Crippen LogP contribution in [0, 0.1) is 6.92 Å². The maximum Gasteiger partial charge on any atom is 0.193 e. The highest BCUT2D eigenvalue weighted by Gasteiger charge is 2.14. The van der Waals surface area contributed by atoms with Gasteiger partial charge in [0.15, 0.2) is 5.96 Å². The normalized spacial score (nSPS) is 15.5. The topological polar surface area (TPSA) is 36.9 Å². The SMILES string of the molecule is CN=C(NCCCOc1ccc(C)cc1)N1CCCC1. The highest BCUT2D eigenvalue weighted by Crippen LogP contribution is 2.11. The smallest absolute Gasteiger partial charge is 0.193 e. The van der Waals surface area contributed by atoms with Crippen molar-refractivity contribution >= 4 is 5.96 Å². The van der Waals surface area contributed by atoms with Crippen LogP contribution in [-0.2, 0) is 0 Å². The van der Waals surface area contributed by atoms with E-state index in [9.17, 15) is 0 Å². The lowest BCUT2D eigenvalue weighted by Crippen LogP contribution is -2.40. The van der Waals surface area contributed by atoms with Gasteiger partial charge in [-0.2, -0.15) is 0 Å². The van der Waals surface area contributed by atoms with Gasteiger partial charge in [0.2, 0.25) is 0 Å². The molecule has 1 aromatic rings. The van der Waals surface area contributed by atoms with Crippen molar-refractivity contribution in [2.75, 3.05) is 33.3 Å². The fraction of sp³-hybridized carbons (Fsp3) is 0.562. The summed E-state index contributed by atoms with van der Waals surface area (Å²) in [7, 11) is 1.85. The van der Waals surface area contributed by atoms with E-state index in [1.54, 1.807) is 0 Å². The molecule has 0 radical (unpaired) electrons. The molecule has 1 fully saturated rings. The van der Waals surface area contributed by atoms with Crippen LogP contribution in [0.4, 0.5) is 0 Å². The maximum atomic E-state index is 5.71. The van der Waals surface area contributed by atoms with Crippen LogP contribution >= 0.6 is 0 Å². The summed E-state index contributed by atoms with van der Waals surface area (Å²) in [6, 6.07) is 8.18. The van der Waals surface area contributed by atoms with Crippen molar-refractivity contribution in [2.24, 2.45) is 4.99 Å². The molecule has 0 bridgehead atoms. The Morgan fingerprint density at radius 3 is 2.60 bits per heavy atom. The fourth-order valence-electron chi connectivity index (χ4n) is 2.36. The molecule has 1 aromatic carbocycles. The minimum absolute atomic E-state index is 0.729. The summed E-state index contributed by atoms with van der Waals surface area (Å²) in [6.45, 7) is 5.96. The van der Waals surface area contributed by atoms with Gasteiger partial charge in [-0.05, 0) is 38.3 Å². The van der Waals surface area contributed by atoms with Crippen molar-refractivity contribution in [1.29, 1.82) is 0 Å². The average Bonchev–Trinajstić information content (AvgIpc) is 2.99. The van der Waals surface area contributed by atoms with Crippen LogP contribution in [0.5, 0.6) is 5.75 Å². The van der Waals surface area contributed by atoms with E-state index in [1.807, 2.05) is 19.2 Å². The third kappa shape index (κ3) is 4.44. The molecule has 1 heterocycles. The first-order valence-corrected chi connectivity index (χ1v) is 7.44. The molecule has 0 spiro atoms. The Morgan fingerprint density at radius 2 is 1.95 bits per heavy atom. The quantitative estimate of drug-likeness (QED) is 0.509. The third-order valence-corrected chi connectivity index (χ3v) is 3.51. The first-order chi connectivity index (χ1) is 9.79. The van der Waals surface area contributed by atoms with Crippen molar-refractivity contribution in [2.45, 2.75) is 26.2 Å². The van der Waals surface area contributed by atoms with Gasteiger partial charge in [0.1, 0.15) is 5.75 Å². The van der Waals surface area contributed by atoms with Gasteiger partial charge in [-0.15, -0.1) is 0 Å². The Morgan fingerprint density at radius 1 is 1.25 bits per heavy atom. The molecule has 1 aliphatic heterocycles. The molecule has 0 aromatic heterocycles. The number of nitrogens with zero attached hydrogens (tertiary/aromatic N) is 2. The van der Waals surface area contributed by atoms with Gasteiger partial charge in [-0.25, -0.2) is 0 Å². The van der Waals surface area contributed by atoms with E-state index in [-0.39, 0.29) is 0 Å². The molecule has 1 N–H and O–H groups in total. The predicted octanol–water partition coefficient (Wildman–Crippen LogP) is 2.44. The van der Waals surface area contributed by atoms with Crippen LogP contribution in [0.1, 0.15) is 24.8 Å². The molecule has 0 atom stereocenters. The summed E-state index contributed by atoms with van der Waals surface area (Å²) in [4.78, 5) is 6.65. The zero-order valence-corrected chi connectivity index (χ0v) is 12.6. The monoisotopic (exact) mass is 275 g/mol. The average molecular weight is 275 g/mol. The molecule has 4 nitrogen and oxygen atoms in total. The summed E-state index contributed by atoms with van der Waals surface area (Å²) >= 11 is 0. The number of aryl methyl sites for hydroxylation is 1. The predicted molar refractivity (Wildman–Crippen MR) is 83.5 cm³/mol. The Labute approximate surface area is 121 Å². The number of aliphatic imine (C=N–C) groups is 1. The molecule has 1 saturated heterocycles. The zero-order valence-electron chi connectivity index (χ0n) is 12.6. The number of benzene rings is 1. The maximum absolute atomic E-state index is 5.71. The minimum atomic E-state index is 0.729. The summed E-state index contributed by atoms with van der Waals surface area (Å²) in [5, 5.41) is 3.40. The largest absolute Gasteiger partial charge is 0.494 e. The highest BCUT2D eigenvalue weighted by atomic mass is 16.5. The second-order valence-corrected chi connectivity index (χ2v) is 5.18. The Balaban J connectivity index is 1.62. The molecule has 0 amide bonds. The van der Waals surface area contributed by atoms with Gasteiger partial charge in [-0.1, -0.05) is 17.7 Å². The van der Waals surface area contributed by atoms with E-state index in [2.05, 4.69) is 34.3 Å². The van der Waals surface area contributed by atoms with Crippen LogP contribution in [-0.4, -0.2) is 44.1 Å². The Kier molecular flexibility index (Phi) is 5.71. The van der Waals surface area contributed by atoms with E-state index in [0.717, 1.165) is 44.4 Å². The number of ether oxygens (including phenoxy) is 1. The molecular weight excluding hydrogens is 250 g/mol. The van der Waals surface area contributed by atoms with Crippen LogP contribution in [0.2, 0.25) is 0 Å². The van der Waals surface area contributed by atoms with Gasteiger partial charge in [0.25, 0.3) is 0 Å². The number of likely N-dealkylation sites (tertiary alicyclic amines) is 1. The number of rotatable bonds is 5. The summed E-state index contributed by atoms with van der Waals surface area (Å²) in [6.07, 6.45) is 3.52. The van der Waals surface area contributed by atoms with Crippen molar-refractivity contribution in [3.63, 3.8) is 0 Å². The van der Waals surface area contributed by atoms with Crippen molar-refractivity contribution < 1.29 is 4.74 Å². The van der Waals surface area contributed by atoms with Crippen LogP contribution in [0.3, 0.4) is 0 Å². The zero-order chi connectivity index (χ0) is 14.2. The van der Waals surface area contributed by atoms with Gasteiger partial charge >= 0.3 is 0 Å². The van der Waals surface area contributed by atoms with Gasteiger partial charge in [-0.3, -0.25) is 4.99 Å². The van der Waals surface area contributed by atoms with E-state index < -0.39 is 0 Å². The highest BCUT2D eigenvalue weighted by molar-refractivity contribution is 5.80. The molecule has 1 aliphatic rings. The van der Waals surface area contributed by atoms with Crippen LogP contribution in [0.25, 0.3) is 0 Å². The third-order valence-electron chi connectivity index (χ3n) is 3.51. The van der Waals surface area contributed by atoms with E-state index in [0.29, 0.717) is 0 Å². The van der Waals surface area contributed by atoms with E-state index in [1.165, 1.54) is 18.4 Å². The summed E-state index contributed by atoms with van der Waals surface area (Å²) in [5.41, 5.74) is 1.26. The number of hydrogen-bond donors (Lipinski definition) is 1. The van der Waals surface area contributed by atoms with Crippen molar-refractivity contribution in [3.05, 3.63) is 29.8 Å². The first kappa shape index (κ1) is 14.7. The van der Waals surface area contributed by atoms with Crippen LogP contribution < -0.4 is 10.1 Å². The van der Waals surface area contributed by atoms with E-state index in [4.69, 9.17) is 4.74 Å². The van der Waals surface area contributed by atoms with Crippen molar-refractivity contribution in [1.82, 2.24) is 10.2 Å². The molecule has 0 aliphatic carbocycles. The van der Waals surface area contributed by atoms with E-state index >= 15 is 0 Å². The molecular formula is C16H25N3O. The van der Waals surface area contributed by atoms with Gasteiger partial charge < -0.3 is 15.0 Å². The second-order valence-electron chi connectivity index (χ2n) is 5.18. The number of guanidine groups is 1. The lowest BCUT2D eigenvalue weighted by Gasteiger charge is -2.20. The lowest BCUT2D eigenvalue weighted by atomic mass is 10.2. The van der Waals surface area contributed by atoms with Crippen LogP contribution in [0.15, 0.2) is 29.3 Å². The lowest BCUT2D eigenvalue weighted by molar-refractivity contribution is 0.310. The van der Waals surface area contributed by atoms with Gasteiger partial charge in [0, 0.05) is 26.7 Å². The summed E-state index contributed by atoms with van der Waals surface area (Å²) < 4.78 is 5.71. The molecule has 4 heteroatoms. The molecule has 110 valence electrons. The van der Waals surface area contributed by atoms with Crippen molar-refractivity contribution in [3.8, 4) is 5.75 Å². The first-order valence-electron chi connectivity index (χ1n) is 7.44.